The summed E-state index contributed by atoms with van der Waals surface area (Å²) in [6.07, 6.45) is 63.6. The fourth-order valence-electron chi connectivity index (χ4n) is 8.83. The van der Waals surface area contributed by atoms with Crippen LogP contribution in [0.25, 0.3) is 0 Å². The van der Waals surface area contributed by atoms with Crippen LogP contribution in [0.15, 0.2) is 48.6 Å². The summed E-state index contributed by atoms with van der Waals surface area (Å²) in [5.74, 6) is -0.557. The Bertz CT molecular complexity index is 1380. The lowest BCUT2D eigenvalue weighted by Crippen LogP contribution is -2.47. The molecule has 0 aliphatic heterocycles. The van der Waals surface area contributed by atoms with E-state index in [2.05, 4.69) is 62.5 Å². The monoisotopic (exact) mass is 1030 g/mol. The molecule has 3 unspecified atom stereocenters. The number of carbonyl (C=O) groups is 2. The van der Waals surface area contributed by atoms with E-state index in [-0.39, 0.29) is 24.9 Å². The number of amides is 1. The van der Waals surface area contributed by atoms with Crippen molar-refractivity contribution in [2.24, 2.45) is 0 Å². The van der Waals surface area contributed by atoms with Crippen LogP contribution >= 0.6 is 7.82 Å². The van der Waals surface area contributed by atoms with Crippen molar-refractivity contribution in [1.82, 2.24) is 5.32 Å². The van der Waals surface area contributed by atoms with E-state index < -0.39 is 26.6 Å². The molecule has 1 amide bonds. The first-order valence-corrected chi connectivity index (χ1v) is 31.9. The average Bonchev–Trinajstić information content (AvgIpc) is 3.34. The number of hydrogen-bond donors (Lipinski definition) is 1. The van der Waals surface area contributed by atoms with Gasteiger partial charge in [0.2, 0.25) is 5.91 Å². The molecule has 0 heterocycles. The molecular weight excluding hydrogens is 916 g/mol. The molecule has 0 aromatic rings. The van der Waals surface area contributed by atoms with Crippen LogP contribution < -0.4 is 10.2 Å². The molecule has 9 nitrogen and oxygen atoms in total. The predicted octanol–water partition coefficient (Wildman–Crippen LogP) is 17.9. The molecule has 72 heavy (non-hydrogen) atoms. The summed E-state index contributed by atoms with van der Waals surface area (Å²) in [6.45, 7) is 6.74. The molecule has 0 aromatic carbocycles. The van der Waals surface area contributed by atoms with E-state index in [9.17, 15) is 19.0 Å². The van der Waals surface area contributed by atoms with Gasteiger partial charge in [0.05, 0.1) is 33.8 Å². The lowest BCUT2D eigenvalue weighted by atomic mass is 10.0. The molecule has 0 aliphatic carbocycles. The van der Waals surface area contributed by atoms with Crippen LogP contribution in [0.3, 0.4) is 0 Å². The number of carbonyl (C=O) groups excluding carboxylic acids is 2. The van der Waals surface area contributed by atoms with Gasteiger partial charge < -0.3 is 28.5 Å². The Morgan fingerprint density at radius 1 is 0.500 bits per heavy atom. The summed E-state index contributed by atoms with van der Waals surface area (Å²) >= 11 is 0. The Balaban J connectivity index is 5.28. The average molecular weight is 1030 g/mol. The molecule has 0 bridgehead atoms. The van der Waals surface area contributed by atoms with E-state index >= 15 is 0 Å². The number of phosphoric ester groups is 1. The van der Waals surface area contributed by atoms with Gasteiger partial charge in [0.1, 0.15) is 19.3 Å². The molecule has 0 aromatic heterocycles. The number of ether oxygens (including phenoxy) is 1. The van der Waals surface area contributed by atoms with Crippen molar-refractivity contribution < 1.29 is 37.3 Å². The highest BCUT2D eigenvalue weighted by molar-refractivity contribution is 7.45. The van der Waals surface area contributed by atoms with Crippen LogP contribution in [0.1, 0.15) is 284 Å². The second kappa shape index (κ2) is 52.4. The molecule has 3 atom stereocenters. The van der Waals surface area contributed by atoms with E-state index in [1.807, 2.05) is 33.3 Å². The number of nitrogens with one attached hydrogen (secondary N) is 1. The standard InChI is InChI=1S/C62H117N2O7P/c1-7-10-13-16-19-22-25-28-30-31-32-33-34-36-39-42-45-48-51-54-61(65)63-59(58-70-72(67,68)69-57-56-64(4,5)6)60(53-50-47-44-41-38-35-27-24-21-18-15-12-9-3)71-62(66)55-52-49-46-43-40-37-29-26-23-20-17-14-11-8-2/h11,14,20,23,29,37,50,53,59-60H,7-10,12-13,15-19,21-22,24-28,30-36,38-49,51-52,54-58H2,1-6H3,(H-,63,65,67,68)/b14-11+,23-20+,37-29+,53-50+. The van der Waals surface area contributed by atoms with Gasteiger partial charge in [0.15, 0.2) is 0 Å². The summed E-state index contributed by atoms with van der Waals surface area (Å²) < 4.78 is 30.3. The first-order chi connectivity index (χ1) is 34.9. The minimum absolute atomic E-state index is 0.0250. The van der Waals surface area contributed by atoms with Crippen LogP contribution in [0.5, 0.6) is 0 Å². The Morgan fingerprint density at radius 2 is 0.889 bits per heavy atom. The molecule has 0 saturated heterocycles. The number of nitrogens with zero attached hydrogens (tertiary/aromatic N) is 1. The topological polar surface area (TPSA) is 114 Å². The highest BCUT2D eigenvalue weighted by atomic mass is 31.2. The van der Waals surface area contributed by atoms with Crippen molar-refractivity contribution in [3.8, 4) is 0 Å². The second-order valence-electron chi connectivity index (χ2n) is 21.8. The van der Waals surface area contributed by atoms with E-state index in [0.29, 0.717) is 23.9 Å². The number of unbranched alkanes of at least 4 members (excludes halogenated alkanes) is 33. The largest absolute Gasteiger partial charge is 0.756 e. The van der Waals surface area contributed by atoms with Crippen molar-refractivity contribution in [3.63, 3.8) is 0 Å². The highest BCUT2D eigenvalue weighted by Gasteiger charge is 2.27. The number of likely N-dealkylation sites (N-methyl/N-ethyl adjacent to an activating group) is 1. The van der Waals surface area contributed by atoms with Crippen molar-refractivity contribution in [2.75, 3.05) is 40.9 Å². The number of hydrogen-bond acceptors (Lipinski definition) is 7. The zero-order valence-corrected chi connectivity index (χ0v) is 49.0. The van der Waals surface area contributed by atoms with Gasteiger partial charge in [-0.05, 0) is 63.9 Å². The van der Waals surface area contributed by atoms with Gasteiger partial charge in [-0.1, -0.05) is 256 Å². The van der Waals surface area contributed by atoms with E-state index in [1.54, 1.807) is 0 Å². The second-order valence-corrected chi connectivity index (χ2v) is 23.2. The Kier molecular flexibility index (Phi) is 50.9. The summed E-state index contributed by atoms with van der Waals surface area (Å²) in [6, 6.07) is -0.894. The molecule has 10 heteroatoms. The van der Waals surface area contributed by atoms with Crippen LogP contribution in [0, 0.1) is 0 Å². The lowest BCUT2D eigenvalue weighted by molar-refractivity contribution is -0.870. The van der Waals surface area contributed by atoms with Crippen molar-refractivity contribution in [3.05, 3.63) is 48.6 Å². The number of esters is 1. The third-order valence-corrected chi connectivity index (χ3v) is 14.5. The number of quaternary nitrogens is 1. The molecule has 0 radical (unpaired) electrons. The summed E-state index contributed by atoms with van der Waals surface area (Å²) in [5.41, 5.74) is 0. The first-order valence-electron chi connectivity index (χ1n) is 30.4. The minimum Gasteiger partial charge on any atom is -0.756 e. The van der Waals surface area contributed by atoms with Crippen molar-refractivity contribution in [1.29, 1.82) is 0 Å². The van der Waals surface area contributed by atoms with Gasteiger partial charge in [0.25, 0.3) is 7.82 Å². The number of allylic oxidation sites excluding steroid dienone is 7. The maximum Gasteiger partial charge on any atom is 0.306 e. The Labute approximate surface area is 446 Å². The quantitative estimate of drug-likeness (QED) is 0.0212. The van der Waals surface area contributed by atoms with Crippen LogP contribution in [-0.4, -0.2) is 69.4 Å². The third kappa shape index (κ3) is 52.8. The van der Waals surface area contributed by atoms with Gasteiger partial charge in [0, 0.05) is 12.8 Å². The van der Waals surface area contributed by atoms with Gasteiger partial charge >= 0.3 is 5.97 Å². The van der Waals surface area contributed by atoms with Crippen LogP contribution in [-0.2, 0) is 27.9 Å². The van der Waals surface area contributed by atoms with Crippen molar-refractivity contribution >= 4 is 19.7 Å². The number of phosphoric acid groups is 1. The molecule has 422 valence electrons. The fraction of sp³-hybridized carbons (Fsp3) is 0.839. The zero-order valence-electron chi connectivity index (χ0n) is 48.1. The van der Waals surface area contributed by atoms with Crippen molar-refractivity contribution in [2.45, 2.75) is 296 Å². The molecule has 0 fully saturated rings. The molecule has 0 aliphatic rings. The SMILES string of the molecule is CC/C=C/C/C=C/C/C=C/CCCCCCC(=O)OC(/C=C/CCCCCCCCCCCCC)C(COP(=O)([O-])OCC[N+](C)(C)C)NC(=O)CCCCCCCCCCCCCCCCCCCCC. The maximum absolute atomic E-state index is 13.5. The molecule has 0 spiro atoms. The van der Waals surface area contributed by atoms with Gasteiger partial charge in [-0.3, -0.25) is 14.2 Å². The van der Waals surface area contributed by atoms with E-state index in [1.165, 1.54) is 161 Å². The Morgan fingerprint density at radius 3 is 1.33 bits per heavy atom. The molecule has 0 rings (SSSR count). The normalized spacial score (nSPS) is 14.0. The van der Waals surface area contributed by atoms with Gasteiger partial charge in [-0.2, -0.15) is 0 Å². The van der Waals surface area contributed by atoms with E-state index in [4.69, 9.17) is 13.8 Å². The third-order valence-electron chi connectivity index (χ3n) is 13.5. The highest BCUT2D eigenvalue weighted by Crippen LogP contribution is 2.38. The van der Waals surface area contributed by atoms with Crippen LogP contribution in [0.4, 0.5) is 0 Å². The molecular formula is C62H117N2O7P. The lowest BCUT2D eigenvalue weighted by Gasteiger charge is -2.30. The Hall–Kier alpha value is -2.03. The first kappa shape index (κ1) is 70.0. The minimum atomic E-state index is -4.70. The number of rotatable bonds is 55. The van der Waals surface area contributed by atoms with Gasteiger partial charge in [-0.25, -0.2) is 0 Å². The molecule has 0 saturated carbocycles. The fourth-order valence-corrected chi connectivity index (χ4v) is 9.55. The van der Waals surface area contributed by atoms with E-state index in [0.717, 1.165) is 83.5 Å². The van der Waals surface area contributed by atoms with Crippen LogP contribution in [0.2, 0.25) is 0 Å². The summed E-state index contributed by atoms with van der Waals surface area (Å²) in [5, 5.41) is 3.03. The summed E-state index contributed by atoms with van der Waals surface area (Å²) in [7, 11) is 1.18. The summed E-state index contributed by atoms with van der Waals surface area (Å²) in [4.78, 5) is 39.9. The van der Waals surface area contributed by atoms with Gasteiger partial charge in [-0.15, -0.1) is 0 Å². The smallest absolute Gasteiger partial charge is 0.306 e. The zero-order chi connectivity index (χ0) is 52.9. The maximum atomic E-state index is 13.5. The molecule has 1 N–H and O–H groups in total. The predicted molar refractivity (Wildman–Crippen MR) is 307 cm³/mol.